The Labute approximate surface area is 123 Å². The SMILES string of the molecule is COCC(N)C(=O)NCc1cnn(Cc2ccccc2)c1. The van der Waals surface area contributed by atoms with Gasteiger partial charge in [0.25, 0.3) is 0 Å². The van der Waals surface area contributed by atoms with Crippen LogP contribution in [0.4, 0.5) is 0 Å². The molecule has 0 spiro atoms. The average Bonchev–Trinajstić information content (AvgIpc) is 2.93. The molecule has 0 aliphatic rings. The summed E-state index contributed by atoms with van der Waals surface area (Å²) in [6.07, 6.45) is 3.65. The molecule has 0 bridgehead atoms. The van der Waals surface area contributed by atoms with Crippen molar-refractivity contribution in [2.24, 2.45) is 5.73 Å². The molecule has 6 heteroatoms. The van der Waals surface area contributed by atoms with Crippen LogP contribution in [0.2, 0.25) is 0 Å². The number of nitrogens with zero attached hydrogens (tertiary/aromatic N) is 2. The maximum Gasteiger partial charge on any atom is 0.239 e. The highest BCUT2D eigenvalue weighted by Crippen LogP contribution is 2.03. The van der Waals surface area contributed by atoms with E-state index in [4.69, 9.17) is 10.5 Å². The summed E-state index contributed by atoms with van der Waals surface area (Å²) in [7, 11) is 1.51. The molecule has 1 aromatic carbocycles. The third-order valence-electron chi connectivity index (χ3n) is 3.02. The van der Waals surface area contributed by atoms with E-state index < -0.39 is 6.04 Å². The highest BCUT2D eigenvalue weighted by Gasteiger charge is 2.12. The minimum Gasteiger partial charge on any atom is -0.383 e. The van der Waals surface area contributed by atoms with E-state index in [-0.39, 0.29) is 12.5 Å². The van der Waals surface area contributed by atoms with Crippen LogP contribution in [0.3, 0.4) is 0 Å². The Morgan fingerprint density at radius 1 is 1.38 bits per heavy atom. The van der Waals surface area contributed by atoms with Gasteiger partial charge >= 0.3 is 0 Å². The molecule has 112 valence electrons. The van der Waals surface area contributed by atoms with Crippen LogP contribution in [0.25, 0.3) is 0 Å². The molecule has 21 heavy (non-hydrogen) atoms. The van der Waals surface area contributed by atoms with Crippen molar-refractivity contribution in [2.45, 2.75) is 19.1 Å². The molecule has 2 aromatic rings. The van der Waals surface area contributed by atoms with Crippen molar-refractivity contribution >= 4 is 5.91 Å². The van der Waals surface area contributed by atoms with Gasteiger partial charge in [0.15, 0.2) is 0 Å². The second-order valence-electron chi connectivity index (χ2n) is 4.81. The molecule has 0 saturated carbocycles. The molecule has 1 unspecified atom stereocenters. The molecule has 1 amide bonds. The standard InChI is InChI=1S/C15H20N4O2/c1-21-11-14(16)15(20)17-7-13-8-18-19(10-13)9-12-5-3-2-4-6-12/h2-6,8,10,14H,7,9,11,16H2,1H3,(H,17,20). The smallest absolute Gasteiger partial charge is 0.239 e. The van der Waals surface area contributed by atoms with Crippen LogP contribution in [0.1, 0.15) is 11.1 Å². The Morgan fingerprint density at radius 2 is 2.14 bits per heavy atom. The topological polar surface area (TPSA) is 82.2 Å². The minimum absolute atomic E-state index is 0.207. The summed E-state index contributed by atoms with van der Waals surface area (Å²) in [4.78, 5) is 11.7. The number of rotatable bonds is 7. The Kier molecular flexibility index (Phi) is 5.48. The number of hydrogen-bond donors (Lipinski definition) is 2. The van der Waals surface area contributed by atoms with Gasteiger partial charge in [-0.1, -0.05) is 30.3 Å². The van der Waals surface area contributed by atoms with Crippen LogP contribution in [0.5, 0.6) is 0 Å². The van der Waals surface area contributed by atoms with E-state index in [2.05, 4.69) is 10.4 Å². The van der Waals surface area contributed by atoms with Crippen molar-refractivity contribution in [3.8, 4) is 0 Å². The summed E-state index contributed by atoms with van der Waals surface area (Å²) in [6, 6.07) is 9.43. The second-order valence-corrected chi connectivity index (χ2v) is 4.81. The average molecular weight is 288 g/mol. The van der Waals surface area contributed by atoms with Crippen molar-refractivity contribution < 1.29 is 9.53 Å². The normalized spacial score (nSPS) is 12.1. The van der Waals surface area contributed by atoms with E-state index in [1.54, 1.807) is 6.20 Å². The van der Waals surface area contributed by atoms with Crippen molar-refractivity contribution in [1.82, 2.24) is 15.1 Å². The van der Waals surface area contributed by atoms with E-state index in [1.807, 2.05) is 41.2 Å². The molecule has 0 fully saturated rings. The molecule has 1 heterocycles. The highest BCUT2D eigenvalue weighted by atomic mass is 16.5. The molecule has 0 radical (unpaired) electrons. The van der Waals surface area contributed by atoms with E-state index in [0.29, 0.717) is 13.1 Å². The zero-order chi connectivity index (χ0) is 15.1. The fourth-order valence-corrected chi connectivity index (χ4v) is 1.93. The molecular formula is C15H20N4O2. The first-order valence-electron chi connectivity index (χ1n) is 6.76. The largest absolute Gasteiger partial charge is 0.383 e. The highest BCUT2D eigenvalue weighted by molar-refractivity contribution is 5.81. The second kappa shape index (κ2) is 7.56. The number of hydrogen-bond acceptors (Lipinski definition) is 4. The predicted octanol–water partition coefficient (Wildman–Crippen LogP) is 0.521. The Hall–Kier alpha value is -2.18. The first-order chi connectivity index (χ1) is 10.2. The van der Waals surface area contributed by atoms with Gasteiger partial charge in [0.1, 0.15) is 6.04 Å². The van der Waals surface area contributed by atoms with Crippen LogP contribution in [-0.2, 0) is 22.6 Å². The summed E-state index contributed by atoms with van der Waals surface area (Å²) >= 11 is 0. The number of amides is 1. The maximum atomic E-state index is 11.7. The Balaban J connectivity index is 1.84. The lowest BCUT2D eigenvalue weighted by molar-refractivity contribution is -0.123. The number of ether oxygens (including phenoxy) is 1. The van der Waals surface area contributed by atoms with Gasteiger partial charge in [-0.15, -0.1) is 0 Å². The van der Waals surface area contributed by atoms with Gasteiger partial charge in [-0.2, -0.15) is 5.10 Å². The Bertz CT molecular complexity index is 568. The third kappa shape index (κ3) is 4.70. The number of benzene rings is 1. The third-order valence-corrected chi connectivity index (χ3v) is 3.02. The van der Waals surface area contributed by atoms with E-state index >= 15 is 0 Å². The molecule has 0 aliphatic heterocycles. The minimum atomic E-state index is -0.644. The van der Waals surface area contributed by atoms with Crippen molar-refractivity contribution in [3.63, 3.8) is 0 Å². The van der Waals surface area contributed by atoms with Gasteiger partial charge in [0.05, 0.1) is 19.3 Å². The van der Waals surface area contributed by atoms with Crippen LogP contribution in [0.15, 0.2) is 42.7 Å². The van der Waals surface area contributed by atoms with Crippen LogP contribution in [0, 0.1) is 0 Å². The lowest BCUT2D eigenvalue weighted by Crippen LogP contribution is -2.43. The summed E-state index contributed by atoms with van der Waals surface area (Å²) in [6.45, 7) is 1.32. The molecule has 2 rings (SSSR count). The van der Waals surface area contributed by atoms with Gasteiger partial charge in [-0.05, 0) is 5.56 Å². The number of carbonyl (C=O) groups is 1. The van der Waals surface area contributed by atoms with E-state index in [9.17, 15) is 4.79 Å². The van der Waals surface area contributed by atoms with Crippen LogP contribution in [-0.4, -0.2) is 35.4 Å². The summed E-state index contributed by atoms with van der Waals surface area (Å²) in [5.74, 6) is -0.229. The first-order valence-corrected chi connectivity index (χ1v) is 6.76. The zero-order valence-electron chi connectivity index (χ0n) is 12.0. The van der Waals surface area contributed by atoms with E-state index in [1.165, 1.54) is 12.7 Å². The lowest BCUT2D eigenvalue weighted by Gasteiger charge is -2.10. The summed E-state index contributed by atoms with van der Waals surface area (Å²) in [5, 5.41) is 7.04. The molecule has 0 saturated heterocycles. The zero-order valence-corrected chi connectivity index (χ0v) is 12.0. The van der Waals surface area contributed by atoms with Gasteiger partial charge in [0, 0.05) is 25.4 Å². The van der Waals surface area contributed by atoms with Crippen molar-refractivity contribution in [1.29, 1.82) is 0 Å². The molecular weight excluding hydrogens is 268 g/mol. The number of nitrogens with two attached hydrogens (primary N) is 1. The monoisotopic (exact) mass is 288 g/mol. The van der Waals surface area contributed by atoms with Gasteiger partial charge in [0.2, 0.25) is 5.91 Å². The predicted molar refractivity (Wildman–Crippen MR) is 79.5 cm³/mol. The van der Waals surface area contributed by atoms with Crippen molar-refractivity contribution in [3.05, 3.63) is 53.9 Å². The lowest BCUT2D eigenvalue weighted by atomic mass is 10.2. The van der Waals surface area contributed by atoms with E-state index in [0.717, 1.165) is 5.56 Å². The molecule has 1 atom stereocenters. The quantitative estimate of drug-likeness (QED) is 0.778. The number of carbonyl (C=O) groups excluding carboxylic acids is 1. The fourth-order valence-electron chi connectivity index (χ4n) is 1.93. The Morgan fingerprint density at radius 3 is 2.86 bits per heavy atom. The van der Waals surface area contributed by atoms with Gasteiger partial charge < -0.3 is 15.8 Å². The van der Waals surface area contributed by atoms with Gasteiger partial charge in [-0.3, -0.25) is 9.48 Å². The number of aromatic nitrogens is 2. The number of methoxy groups -OCH3 is 1. The van der Waals surface area contributed by atoms with Crippen LogP contribution >= 0.6 is 0 Å². The summed E-state index contributed by atoms with van der Waals surface area (Å²) in [5.41, 5.74) is 7.75. The molecule has 3 N–H and O–H groups in total. The number of nitrogens with one attached hydrogen (secondary N) is 1. The molecule has 0 aliphatic carbocycles. The first kappa shape index (κ1) is 15.2. The molecule has 1 aromatic heterocycles. The van der Waals surface area contributed by atoms with Gasteiger partial charge in [-0.25, -0.2) is 0 Å². The summed E-state index contributed by atoms with van der Waals surface area (Å²) < 4.78 is 6.68. The fraction of sp³-hybridized carbons (Fsp3) is 0.333. The molecule has 6 nitrogen and oxygen atoms in total. The van der Waals surface area contributed by atoms with Crippen molar-refractivity contribution in [2.75, 3.05) is 13.7 Å². The maximum absolute atomic E-state index is 11.7. The van der Waals surface area contributed by atoms with Crippen LogP contribution < -0.4 is 11.1 Å².